The van der Waals surface area contributed by atoms with E-state index in [2.05, 4.69) is 10.6 Å². The lowest BCUT2D eigenvalue weighted by Gasteiger charge is -2.23. The Morgan fingerprint density at radius 2 is 2.00 bits per heavy atom. The molecule has 29 heavy (non-hydrogen) atoms. The molecule has 2 amide bonds. The summed E-state index contributed by atoms with van der Waals surface area (Å²) in [5.74, 6) is -0.855. The smallest absolute Gasteiger partial charge is 0.237 e. The van der Waals surface area contributed by atoms with E-state index >= 15 is 0 Å². The largest absolute Gasteiger partial charge is 0.326 e. The van der Waals surface area contributed by atoms with Crippen LogP contribution in [-0.4, -0.2) is 31.2 Å². The second-order valence-electron chi connectivity index (χ2n) is 6.74. The molecule has 6 nitrogen and oxygen atoms in total. The van der Waals surface area contributed by atoms with Crippen LogP contribution in [0.2, 0.25) is 5.02 Å². The number of carbonyl (C=O) groups excluding carboxylic acids is 2. The molecular weight excluding hydrogens is 432 g/mol. The van der Waals surface area contributed by atoms with Crippen molar-refractivity contribution in [1.82, 2.24) is 0 Å². The van der Waals surface area contributed by atoms with Gasteiger partial charge in [-0.25, -0.2) is 8.42 Å². The average molecular weight is 453 g/mol. The molecule has 0 aliphatic carbocycles. The number of halogens is 1. The Labute approximate surface area is 179 Å². The first-order valence-corrected chi connectivity index (χ1v) is 12.0. The highest BCUT2D eigenvalue weighted by molar-refractivity contribution is 8.01. The predicted molar refractivity (Wildman–Crippen MR) is 116 cm³/mol. The van der Waals surface area contributed by atoms with Crippen LogP contribution in [0.3, 0.4) is 0 Å². The zero-order valence-electron chi connectivity index (χ0n) is 16.0. The normalized spacial score (nSPS) is 16.1. The number of carbonyl (C=O) groups is 2. The molecule has 0 bridgehead atoms. The minimum absolute atomic E-state index is 0.0857. The highest BCUT2D eigenvalue weighted by Crippen LogP contribution is 2.38. The van der Waals surface area contributed by atoms with Crippen LogP contribution in [0.4, 0.5) is 11.4 Å². The van der Waals surface area contributed by atoms with Crippen LogP contribution in [0.5, 0.6) is 0 Å². The van der Waals surface area contributed by atoms with Gasteiger partial charge in [0.1, 0.15) is 0 Å². The van der Waals surface area contributed by atoms with Crippen molar-refractivity contribution in [3.05, 3.63) is 47.0 Å². The lowest BCUT2D eigenvalue weighted by Crippen LogP contribution is -2.28. The summed E-state index contributed by atoms with van der Waals surface area (Å²) in [5.41, 5.74) is 1.88. The second-order valence-corrected chi connectivity index (χ2v) is 10.5. The minimum atomic E-state index is -3.68. The first kappa shape index (κ1) is 21.7. The molecule has 0 saturated heterocycles. The van der Waals surface area contributed by atoms with Gasteiger partial charge in [0.25, 0.3) is 0 Å². The number of sulfone groups is 1. The molecule has 3 rings (SSSR count). The van der Waals surface area contributed by atoms with Crippen molar-refractivity contribution < 1.29 is 18.0 Å². The van der Waals surface area contributed by atoms with Crippen LogP contribution in [0, 0.1) is 6.92 Å². The average Bonchev–Trinajstić information content (AvgIpc) is 2.67. The van der Waals surface area contributed by atoms with E-state index in [0.717, 1.165) is 10.5 Å². The van der Waals surface area contributed by atoms with Gasteiger partial charge in [0.15, 0.2) is 9.84 Å². The van der Waals surface area contributed by atoms with Crippen molar-refractivity contribution in [2.75, 3.05) is 16.4 Å². The molecule has 0 spiro atoms. The molecule has 0 aromatic heterocycles. The topological polar surface area (TPSA) is 92.3 Å². The van der Waals surface area contributed by atoms with E-state index in [1.165, 1.54) is 23.9 Å². The lowest BCUT2D eigenvalue weighted by molar-refractivity contribution is -0.116. The first-order valence-electron chi connectivity index (χ1n) is 9.10. The molecule has 0 radical (unpaired) electrons. The molecule has 1 aliphatic heterocycles. The van der Waals surface area contributed by atoms with Crippen molar-refractivity contribution in [1.29, 1.82) is 0 Å². The van der Waals surface area contributed by atoms with Crippen molar-refractivity contribution in [2.24, 2.45) is 0 Å². The summed E-state index contributed by atoms with van der Waals surface area (Å²) >= 11 is 7.32. The van der Waals surface area contributed by atoms with Gasteiger partial charge in [-0.3, -0.25) is 9.59 Å². The van der Waals surface area contributed by atoms with Crippen LogP contribution in [-0.2, 0) is 19.4 Å². The minimum Gasteiger partial charge on any atom is -0.326 e. The fourth-order valence-corrected chi connectivity index (χ4v) is 5.43. The van der Waals surface area contributed by atoms with Crippen LogP contribution >= 0.6 is 23.4 Å². The molecule has 0 saturated carbocycles. The molecule has 2 aromatic carbocycles. The number of nitrogens with one attached hydrogen (secondary N) is 2. The maximum Gasteiger partial charge on any atom is 0.237 e. The number of rotatable bonds is 6. The third kappa shape index (κ3) is 5.12. The van der Waals surface area contributed by atoms with E-state index in [4.69, 9.17) is 11.6 Å². The van der Waals surface area contributed by atoms with Crippen LogP contribution in [0.25, 0.3) is 0 Å². The number of benzene rings is 2. The summed E-state index contributed by atoms with van der Waals surface area (Å²) in [6.45, 7) is 3.73. The lowest BCUT2D eigenvalue weighted by atomic mass is 10.2. The van der Waals surface area contributed by atoms with Gasteiger partial charge in [0.2, 0.25) is 11.8 Å². The van der Waals surface area contributed by atoms with E-state index in [1.807, 2.05) is 6.92 Å². The number of hydrogen-bond donors (Lipinski definition) is 2. The molecule has 1 unspecified atom stereocenters. The van der Waals surface area contributed by atoms with Gasteiger partial charge in [0, 0.05) is 22.0 Å². The standard InChI is InChI=1S/C20H21ClN2O4S2/c1-3-17-20(25)23-16-11-14(5-7-18(16)28-17)29(26,27)9-8-19(24)22-15-6-4-13(21)10-12(15)2/h4-7,10-11,17H,3,8-9H2,1-2H3,(H,22,24)(H,23,25). The molecule has 1 atom stereocenters. The van der Waals surface area contributed by atoms with E-state index < -0.39 is 15.7 Å². The van der Waals surface area contributed by atoms with Crippen molar-refractivity contribution in [2.45, 2.75) is 41.7 Å². The Kier molecular flexibility index (Phi) is 6.55. The van der Waals surface area contributed by atoms with Crippen molar-refractivity contribution in [3.63, 3.8) is 0 Å². The van der Waals surface area contributed by atoms with Gasteiger partial charge in [-0.15, -0.1) is 11.8 Å². The van der Waals surface area contributed by atoms with E-state index in [-0.39, 0.29) is 28.2 Å². The summed E-state index contributed by atoms with van der Waals surface area (Å²) in [6, 6.07) is 9.73. The fraction of sp³-hybridized carbons (Fsp3) is 0.300. The third-order valence-corrected chi connectivity index (χ3v) is 7.95. The van der Waals surface area contributed by atoms with E-state index in [9.17, 15) is 18.0 Å². The van der Waals surface area contributed by atoms with Gasteiger partial charge in [-0.1, -0.05) is 18.5 Å². The molecular formula is C20H21ClN2O4S2. The number of fused-ring (bicyclic) bond motifs is 1. The number of thioether (sulfide) groups is 1. The maximum absolute atomic E-state index is 12.7. The predicted octanol–water partition coefficient (Wildman–Crippen LogP) is 4.27. The Bertz CT molecular complexity index is 1070. The SMILES string of the molecule is CCC1Sc2ccc(S(=O)(=O)CCC(=O)Nc3ccc(Cl)cc3C)cc2NC1=O. The summed E-state index contributed by atoms with van der Waals surface area (Å²) in [4.78, 5) is 25.2. The summed E-state index contributed by atoms with van der Waals surface area (Å²) in [7, 11) is -3.68. The molecule has 0 fully saturated rings. The van der Waals surface area contributed by atoms with Crippen molar-refractivity contribution in [3.8, 4) is 0 Å². The van der Waals surface area contributed by atoms with E-state index in [1.54, 1.807) is 31.2 Å². The third-order valence-electron chi connectivity index (χ3n) is 4.56. The molecule has 1 aliphatic rings. The quantitative estimate of drug-likeness (QED) is 0.682. The van der Waals surface area contributed by atoms with Gasteiger partial charge in [-0.05, 0) is 55.3 Å². The zero-order valence-corrected chi connectivity index (χ0v) is 18.4. The molecule has 1 heterocycles. The van der Waals surface area contributed by atoms with Gasteiger partial charge >= 0.3 is 0 Å². The molecule has 2 N–H and O–H groups in total. The maximum atomic E-state index is 12.7. The first-order chi connectivity index (χ1) is 13.7. The Balaban J connectivity index is 1.67. The number of anilines is 2. The van der Waals surface area contributed by atoms with Gasteiger partial charge in [0.05, 0.1) is 21.6 Å². The van der Waals surface area contributed by atoms with Crippen LogP contribution in [0.1, 0.15) is 25.3 Å². The molecule has 2 aromatic rings. The summed E-state index contributed by atoms with van der Waals surface area (Å²) in [6.07, 6.45) is 0.513. The highest BCUT2D eigenvalue weighted by atomic mass is 35.5. The monoisotopic (exact) mass is 452 g/mol. The summed E-state index contributed by atoms with van der Waals surface area (Å²) in [5, 5.41) is 5.86. The van der Waals surface area contributed by atoms with E-state index in [0.29, 0.717) is 22.8 Å². The van der Waals surface area contributed by atoms with Gasteiger partial charge in [-0.2, -0.15) is 0 Å². The number of amides is 2. The second kappa shape index (κ2) is 8.77. The molecule has 9 heteroatoms. The van der Waals surface area contributed by atoms with Crippen LogP contribution in [0.15, 0.2) is 46.2 Å². The Morgan fingerprint density at radius 3 is 2.69 bits per heavy atom. The fourth-order valence-electron chi connectivity index (χ4n) is 2.92. The Hall–Kier alpha value is -2.03. The number of hydrogen-bond acceptors (Lipinski definition) is 5. The van der Waals surface area contributed by atoms with Crippen LogP contribution < -0.4 is 10.6 Å². The van der Waals surface area contributed by atoms with Gasteiger partial charge < -0.3 is 10.6 Å². The Morgan fingerprint density at radius 1 is 1.24 bits per heavy atom. The zero-order chi connectivity index (χ0) is 21.2. The van der Waals surface area contributed by atoms with Crippen molar-refractivity contribution >= 4 is 56.4 Å². The highest BCUT2D eigenvalue weighted by Gasteiger charge is 2.27. The summed E-state index contributed by atoms with van der Waals surface area (Å²) < 4.78 is 25.3. The molecule has 154 valence electrons. The number of aryl methyl sites for hydroxylation is 1.